The third kappa shape index (κ3) is 4.71. The standard InChI is InChI=1S/C13H19NOS/c1-2-11-3-5-12(6-4-11)7-9-14-13(15)8-10-16/h3-6,16H,2,7-10H2,1H3,(H,14,15). The lowest BCUT2D eigenvalue weighted by Crippen LogP contribution is -2.25. The van der Waals surface area contributed by atoms with E-state index in [1.54, 1.807) is 0 Å². The van der Waals surface area contributed by atoms with E-state index in [9.17, 15) is 4.79 Å². The SMILES string of the molecule is CCc1ccc(CCNC(=O)CCS)cc1. The molecule has 16 heavy (non-hydrogen) atoms. The van der Waals surface area contributed by atoms with Gasteiger partial charge >= 0.3 is 0 Å². The molecule has 0 radical (unpaired) electrons. The van der Waals surface area contributed by atoms with E-state index >= 15 is 0 Å². The third-order valence-corrected chi connectivity index (χ3v) is 2.73. The van der Waals surface area contributed by atoms with Crippen LogP contribution in [0.25, 0.3) is 0 Å². The summed E-state index contributed by atoms with van der Waals surface area (Å²) < 4.78 is 0. The number of rotatable bonds is 6. The molecule has 2 nitrogen and oxygen atoms in total. The first-order valence-corrected chi connectivity index (χ1v) is 6.35. The summed E-state index contributed by atoms with van der Waals surface area (Å²) in [6, 6.07) is 8.54. The fraction of sp³-hybridized carbons (Fsp3) is 0.462. The number of carbonyl (C=O) groups is 1. The van der Waals surface area contributed by atoms with Crippen LogP contribution in [0.15, 0.2) is 24.3 Å². The van der Waals surface area contributed by atoms with E-state index in [-0.39, 0.29) is 5.91 Å². The predicted molar refractivity (Wildman–Crippen MR) is 71.0 cm³/mol. The Morgan fingerprint density at radius 3 is 2.44 bits per heavy atom. The highest BCUT2D eigenvalue weighted by Gasteiger charge is 1.98. The van der Waals surface area contributed by atoms with Crippen LogP contribution in [-0.4, -0.2) is 18.2 Å². The van der Waals surface area contributed by atoms with Crippen molar-refractivity contribution < 1.29 is 4.79 Å². The molecule has 0 spiro atoms. The molecule has 0 saturated heterocycles. The van der Waals surface area contributed by atoms with Crippen LogP contribution in [0.4, 0.5) is 0 Å². The van der Waals surface area contributed by atoms with E-state index in [0.29, 0.717) is 18.7 Å². The number of benzene rings is 1. The summed E-state index contributed by atoms with van der Waals surface area (Å²) in [7, 11) is 0. The van der Waals surface area contributed by atoms with Crippen LogP contribution in [0, 0.1) is 0 Å². The fourth-order valence-corrected chi connectivity index (χ4v) is 1.68. The van der Waals surface area contributed by atoms with E-state index in [2.05, 4.69) is 49.1 Å². The Balaban J connectivity index is 2.29. The summed E-state index contributed by atoms with van der Waals surface area (Å²) in [4.78, 5) is 11.2. The zero-order chi connectivity index (χ0) is 11.8. The van der Waals surface area contributed by atoms with Gasteiger partial charge in [0.15, 0.2) is 0 Å². The Kier molecular flexibility index (Phi) is 6.01. The van der Waals surface area contributed by atoms with Crippen LogP contribution in [0.5, 0.6) is 0 Å². The first-order chi connectivity index (χ1) is 7.76. The maximum absolute atomic E-state index is 11.2. The molecule has 0 aromatic heterocycles. The Morgan fingerprint density at radius 2 is 1.88 bits per heavy atom. The monoisotopic (exact) mass is 237 g/mol. The second kappa shape index (κ2) is 7.34. The molecular weight excluding hydrogens is 218 g/mol. The van der Waals surface area contributed by atoms with E-state index in [1.807, 2.05) is 0 Å². The van der Waals surface area contributed by atoms with Crippen molar-refractivity contribution in [3.8, 4) is 0 Å². The van der Waals surface area contributed by atoms with E-state index in [4.69, 9.17) is 0 Å². The molecule has 0 aliphatic heterocycles. The molecule has 0 atom stereocenters. The van der Waals surface area contributed by atoms with Gasteiger partial charge in [0.25, 0.3) is 0 Å². The molecule has 1 amide bonds. The maximum atomic E-state index is 11.2. The molecule has 3 heteroatoms. The van der Waals surface area contributed by atoms with Gasteiger partial charge < -0.3 is 5.32 Å². The Morgan fingerprint density at radius 1 is 1.25 bits per heavy atom. The van der Waals surface area contributed by atoms with E-state index < -0.39 is 0 Å². The molecule has 88 valence electrons. The van der Waals surface area contributed by atoms with Gasteiger partial charge in [-0.3, -0.25) is 4.79 Å². The van der Waals surface area contributed by atoms with Gasteiger partial charge in [0.1, 0.15) is 0 Å². The van der Waals surface area contributed by atoms with Crippen LogP contribution in [0.3, 0.4) is 0 Å². The average molecular weight is 237 g/mol. The molecule has 0 aliphatic carbocycles. The fourth-order valence-electron chi connectivity index (χ4n) is 1.48. The lowest BCUT2D eigenvalue weighted by molar-refractivity contribution is -0.120. The summed E-state index contributed by atoms with van der Waals surface area (Å²) in [6.07, 6.45) is 2.46. The Hall–Kier alpha value is -0.960. The molecular formula is C13H19NOS. The molecule has 0 heterocycles. The summed E-state index contributed by atoms with van der Waals surface area (Å²) >= 11 is 4.01. The molecule has 0 saturated carbocycles. The normalized spacial score (nSPS) is 10.1. The minimum Gasteiger partial charge on any atom is -0.356 e. The highest BCUT2D eigenvalue weighted by Crippen LogP contribution is 2.05. The van der Waals surface area contributed by atoms with Crippen molar-refractivity contribution in [2.75, 3.05) is 12.3 Å². The molecule has 0 aliphatic rings. The number of hydrogen-bond donors (Lipinski definition) is 2. The van der Waals surface area contributed by atoms with E-state index in [0.717, 1.165) is 12.8 Å². The van der Waals surface area contributed by atoms with Crippen LogP contribution in [-0.2, 0) is 17.6 Å². The van der Waals surface area contributed by atoms with Gasteiger partial charge in [-0.15, -0.1) is 0 Å². The first-order valence-electron chi connectivity index (χ1n) is 5.71. The number of thiol groups is 1. The van der Waals surface area contributed by atoms with Gasteiger partial charge in [-0.05, 0) is 29.7 Å². The lowest BCUT2D eigenvalue weighted by Gasteiger charge is -2.05. The average Bonchev–Trinajstić information content (AvgIpc) is 2.30. The summed E-state index contributed by atoms with van der Waals surface area (Å²) in [6.45, 7) is 2.85. The summed E-state index contributed by atoms with van der Waals surface area (Å²) in [5.41, 5.74) is 2.62. The van der Waals surface area contributed by atoms with Gasteiger partial charge in [-0.2, -0.15) is 12.6 Å². The van der Waals surface area contributed by atoms with Crippen molar-refractivity contribution in [2.45, 2.75) is 26.2 Å². The van der Waals surface area contributed by atoms with Crippen LogP contribution in [0.1, 0.15) is 24.5 Å². The van der Waals surface area contributed by atoms with Crippen LogP contribution in [0.2, 0.25) is 0 Å². The van der Waals surface area contributed by atoms with Crippen molar-refractivity contribution in [2.24, 2.45) is 0 Å². The minimum atomic E-state index is 0.0835. The predicted octanol–water partition coefficient (Wildman–Crippen LogP) is 2.23. The van der Waals surface area contributed by atoms with Gasteiger partial charge in [-0.1, -0.05) is 31.2 Å². The van der Waals surface area contributed by atoms with Gasteiger partial charge in [0.2, 0.25) is 5.91 Å². The summed E-state index contributed by atoms with van der Waals surface area (Å²) in [5, 5.41) is 2.87. The maximum Gasteiger partial charge on any atom is 0.220 e. The second-order valence-corrected chi connectivity index (χ2v) is 4.19. The second-order valence-electron chi connectivity index (χ2n) is 3.74. The number of carbonyl (C=O) groups excluding carboxylic acids is 1. The van der Waals surface area contributed by atoms with Crippen LogP contribution < -0.4 is 5.32 Å². The third-order valence-electron chi connectivity index (χ3n) is 2.51. The van der Waals surface area contributed by atoms with Crippen molar-refractivity contribution in [3.05, 3.63) is 35.4 Å². The Bertz CT molecular complexity index is 321. The van der Waals surface area contributed by atoms with Gasteiger partial charge in [0.05, 0.1) is 0 Å². The molecule has 1 aromatic carbocycles. The van der Waals surface area contributed by atoms with Gasteiger partial charge in [-0.25, -0.2) is 0 Å². The molecule has 0 fully saturated rings. The van der Waals surface area contributed by atoms with Crippen molar-refractivity contribution in [3.63, 3.8) is 0 Å². The summed E-state index contributed by atoms with van der Waals surface area (Å²) in [5.74, 6) is 0.692. The molecule has 1 rings (SSSR count). The quantitative estimate of drug-likeness (QED) is 0.730. The zero-order valence-electron chi connectivity index (χ0n) is 9.70. The van der Waals surface area contributed by atoms with Crippen molar-refractivity contribution in [1.82, 2.24) is 5.32 Å². The highest BCUT2D eigenvalue weighted by molar-refractivity contribution is 7.80. The van der Waals surface area contributed by atoms with Crippen LogP contribution >= 0.6 is 12.6 Å². The molecule has 1 N–H and O–H groups in total. The highest BCUT2D eigenvalue weighted by atomic mass is 32.1. The number of hydrogen-bond acceptors (Lipinski definition) is 2. The zero-order valence-corrected chi connectivity index (χ0v) is 10.6. The first kappa shape index (κ1) is 13.1. The number of aryl methyl sites for hydroxylation is 1. The molecule has 1 aromatic rings. The lowest BCUT2D eigenvalue weighted by atomic mass is 10.1. The minimum absolute atomic E-state index is 0.0835. The number of amides is 1. The smallest absolute Gasteiger partial charge is 0.220 e. The van der Waals surface area contributed by atoms with Crippen molar-refractivity contribution >= 4 is 18.5 Å². The Labute approximate surface area is 103 Å². The molecule has 0 bridgehead atoms. The number of nitrogens with one attached hydrogen (secondary N) is 1. The van der Waals surface area contributed by atoms with E-state index in [1.165, 1.54) is 11.1 Å². The van der Waals surface area contributed by atoms with Crippen molar-refractivity contribution in [1.29, 1.82) is 0 Å². The topological polar surface area (TPSA) is 29.1 Å². The van der Waals surface area contributed by atoms with Gasteiger partial charge in [0, 0.05) is 13.0 Å². The largest absolute Gasteiger partial charge is 0.356 e. The molecule has 0 unspecified atom stereocenters.